The lowest BCUT2D eigenvalue weighted by molar-refractivity contribution is 0.621. The quantitative estimate of drug-likeness (QED) is 0.797. The van der Waals surface area contributed by atoms with Crippen LogP contribution in [0, 0.1) is 11.7 Å². The molecule has 0 bridgehead atoms. The molecule has 2 aromatic rings. The molecule has 0 spiro atoms. The maximum Gasteiger partial charge on any atom is 0.179 e. The molecule has 2 heterocycles. The second-order valence-electron chi connectivity index (χ2n) is 4.47. The van der Waals surface area contributed by atoms with Gasteiger partial charge in [0.2, 0.25) is 0 Å². The van der Waals surface area contributed by atoms with Gasteiger partial charge in [-0.1, -0.05) is 25.4 Å². The van der Waals surface area contributed by atoms with Gasteiger partial charge in [0, 0.05) is 5.69 Å². The van der Waals surface area contributed by atoms with Gasteiger partial charge in [-0.2, -0.15) is 0 Å². The van der Waals surface area contributed by atoms with E-state index in [0.29, 0.717) is 22.6 Å². The molecule has 0 saturated carbocycles. The largest absolute Gasteiger partial charge is 0.250 e. The first-order valence-electron chi connectivity index (χ1n) is 5.70. The summed E-state index contributed by atoms with van der Waals surface area (Å²) < 4.78 is 12.8. The molecule has 5 heteroatoms. The van der Waals surface area contributed by atoms with Crippen LogP contribution in [0.2, 0.25) is 5.15 Å². The van der Waals surface area contributed by atoms with Crippen molar-refractivity contribution in [3.8, 4) is 11.5 Å². The Morgan fingerprint density at radius 1 is 1.28 bits per heavy atom. The van der Waals surface area contributed by atoms with E-state index in [-0.39, 0.29) is 5.82 Å². The standard InChI is InChI=1S/C13H13ClFN3/c1-8(2)5-10-6-12(14)18-13(17-10)11-4-3-9(15)7-16-11/h3-4,6-8H,5H2,1-2H3. The Balaban J connectivity index is 2.38. The monoisotopic (exact) mass is 265 g/mol. The van der Waals surface area contributed by atoms with Gasteiger partial charge in [0.15, 0.2) is 5.82 Å². The molecule has 0 fully saturated rings. The summed E-state index contributed by atoms with van der Waals surface area (Å²) >= 11 is 5.96. The molecule has 94 valence electrons. The topological polar surface area (TPSA) is 38.7 Å². The lowest BCUT2D eigenvalue weighted by atomic mass is 10.1. The van der Waals surface area contributed by atoms with Gasteiger partial charge >= 0.3 is 0 Å². The van der Waals surface area contributed by atoms with Crippen molar-refractivity contribution < 1.29 is 4.39 Å². The van der Waals surface area contributed by atoms with Crippen LogP contribution >= 0.6 is 11.6 Å². The molecule has 0 aliphatic heterocycles. The van der Waals surface area contributed by atoms with E-state index in [0.717, 1.165) is 18.3 Å². The third-order valence-corrected chi connectivity index (χ3v) is 2.52. The number of nitrogens with zero attached hydrogens (tertiary/aromatic N) is 3. The minimum atomic E-state index is -0.386. The molecular weight excluding hydrogens is 253 g/mol. The van der Waals surface area contributed by atoms with Gasteiger partial charge in [0.25, 0.3) is 0 Å². The summed E-state index contributed by atoms with van der Waals surface area (Å²) in [6.45, 7) is 4.21. The Morgan fingerprint density at radius 2 is 2.06 bits per heavy atom. The summed E-state index contributed by atoms with van der Waals surface area (Å²) in [7, 11) is 0. The Hall–Kier alpha value is -1.55. The van der Waals surface area contributed by atoms with E-state index in [2.05, 4.69) is 28.8 Å². The zero-order valence-corrected chi connectivity index (χ0v) is 10.9. The molecule has 0 saturated heterocycles. The van der Waals surface area contributed by atoms with Gasteiger partial charge in [-0.05, 0) is 30.5 Å². The van der Waals surface area contributed by atoms with E-state index in [1.165, 1.54) is 6.07 Å². The Kier molecular flexibility index (Phi) is 3.87. The fraction of sp³-hybridized carbons (Fsp3) is 0.308. The van der Waals surface area contributed by atoms with Crippen LogP contribution in [0.5, 0.6) is 0 Å². The number of rotatable bonds is 3. The average Bonchev–Trinajstić information content (AvgIpc) is 2.28. The lowest BCUT2D eigenvalue weighted by Gasteiger charge is -2.06. The summed E-state index contributed by atoms with van der Waals surface area (Å²) in [5.74, 6) is 0.520. The third-order valence-electron chi connectivity index (χ3n) is 2.32. The van der Waals surface area contributed by atoms with Crippen molar-refractivity contribution >= 4 is 11.6 Å². The molecule has 0 aliphatic rings. The summed E-state index contributed by atoms with van der Waals surface area (Å²) in [4.78, 5) is 12.5. The third kappa shape index (κ3) is 3.23. The van der Waals surface area contributed by atoms with Crippen LogP contribution in [0.3, 0.4) is 0 Å². The fourth-order valence-electron chi connectivity index (χ4n) is 1.61. The average molecular weight is 266 g/mol. The van der Waals surface area contributed by atoms with Crippen molar-refractivity contribution in [2.75, 3.05) is 0 Å². The highest BCUT2D eigenvalue weighted by Crippen LogP contribution is 2.18. The van der Waals surface area contributed by atoms with E-state index in [9.17, 15) is 4.39 Å². The fourth-order valence-corrected chi connectivity index (χ4v) is 1.82. The number of aromatic nitrogens is 3. The minimum absolute atomic E-state index is 0.377. The van der Waals surface area contributed by atoms with Gasteiger partial charge in [0.1, 0.15) is 16.7 Å². The molecule has 18 heavy (non-hydrogen) atoms. The highest BCUT2D eigenvalue weighted by Gasteiger charge is 2.08. The summed E-state index contributed by atoms with van der Waals surface area (Å²) in [5.41, 5.74) is 1.38. The molecular formula is C13H13ClFN3. The molecule has 0 N–H and O–H groups in total. The normalized spacial score (nSPS) is 10.9. The second-order valence-corrected chi connectivity index (χ2v) is 4.85. The number of halogens is 2. The zero-order valence-electron chi connectivity index (χ0n) is 10.2. The lowest BCUT2D eigenvalue weighted by Crippen LogP contribution is -2.01. The van der Waals surface area contributed by atoms with E-state index in [1.807, 2.05) is 0 Å². The second kappa shape index (κ2) is 5.40. The van der Waals surface area contributed by atoms with Crippen molar-refractivity contribution in [1.82, 2.24) is 15.0 Å². The molecule has 0 aliphatic carbocycles. The summed E-state index contributed by atoms with van der Waals surface area (Å²) in [6, 6.07) is 4.61. The van der Waals surface area contributed by atoms with Crippen molar-refractivity contribution in [3.63, 3.8) is 0 Å². The van der Waals surface area contributed by atoms with Gasteiger partial charge in [-0.3, -0.25) is 0 Å². The van der Waals surface area contributed by atoms with Crippen LogP contribution in [0.4, 0.5) is 4.39 Å². The molecule has 0 unspecified atom stereocenters. The van der Waals surface area contributed by atoms with Gasteiger partial charge in [-0.15, -0.1) is 0 Å². The predicted octanol–water partition coefficient (Wildman–Crippen LogP) is 3.53. The minimum Gasteiger partial charge on any atom is -0.250 e. The number of hydrogen-bond acceptors (Lipinski definition) is 3. The zero-order chi connectivity index (χ0) is 13.1. The van der Waals surface area contributed by atoms with E-state index in [1.54, 1.807) is 12.1 Å². The first-order valence-corrected chi connectivity index (χ1v) is 6.08. The first kappa shape index (κ1) is 12.9. The predicted molar refractivity (Wildman–Crippen MR) is 68.8 cm³/mol. The van der Waals surface area contributed by atoms with Gasteiger partial charge < -0.3 is 0 Å². The molecule has 2 aromatic heterocycles. The van der Waals surface area contributed by atoms with Crippen LogP contribution < -0.4 is 0 Å². The molecule has 0 amide bonds. The van der Waals surface area contributed by atoms with Crippen molar-refractivity contribution in [2.45, 2.75) is 20.3 Å². The molecule has 0 atom stereocenters. The van der Waals surface area contributed by atoms with Crippen LogP contribution in [-0.4, -0.2) is 15.0 Å². The number of pyridine rings is 1. The summed E-state index contributed by atoms with van der Waals surface area (Å²) in [5, 5.41) is 0.377. The van der Waals surface area contributed by atoms with Crippen LogP contribution in [-0.2, 0) is 6.42 Å². The highest BCUT2D eigenvalue weighted by molar-refractivity contribution is 6.29. The Bertz CT molecular complexity index is 540. The molecule has 2 rings (SSSR count). The maximum atomic E-state index is 12.8. The molecule has 0 radical (unpaired) electrons. The SMILES string of the molecule is CC(C)Cc1cc(Cl)nc(-c2ccc(F)cn2)n1. The highest BCUT2D eigenvalue weighted by atomic mass is 35.5. The van der Waals surface area contributed by atoms with E-state index < -0.39 is 0 Å². The first-order chi connectivity index (χ1) is 8.54. The Labute approximate surface area is 110 Å². The van der Waals surface area contributed by atoms with E-state index >= 15 is 0 Å². The Morgan fingerprint density at radius 3 is 2.67 bits per heavy atom. The summed E-state index contributed by atoms with van der Waals surface area (Å²) in [6.07, 6.45) is 1.96. The van der Waals surface area contributed by atoms with Crippen molar-refractivity contribution in [3.05, 3.63) is 41.1 Å². The van der Waals surface area contributed by atoms with Gasteiger partial charge in [-0.25, -0.2) is 19.3 Å². The van der Waals surface area contributed by atoms with Crippen molar-refractivity contribution in [1.29, 1.82) is 0 Å². The molecule has 3 nitrogen and oxygen atoms in total. The smallest absolute Gasteiger partial charge is 0.179 e. The van der Waals surface area contributed by atoms with Crippen LogP contribution in [0.25, 0.3) is 11.5 Å². The molecule has 0 aromatic carbocycles. The van der Waals surface area contributed by atoms with Gasteiger partial charge in [0.05, 0.1) is 6.20 Å². The van der Waals surface area contributed by atoms with Crippen molar-refractivity contribution in [2.24, 2.45) is 5.92 Å². The number of hydrogen-bond donors (Lipinski definition) is 0. The maximum absolute atomic E-state index is 12.8. The van der Waals surface area contributed by atoms with Crippen LogP contribution in [0.1, 0.15) is 19.5 Å². The van der Waals surface area contributed by atoms with E-state index in [4.69, 9.17) is 11.6 Å². The van der Waals surface area contributed by atoms with Crippen LogP contribution in [0.15, 0.2) is 24.4 Å².